The number of benzene rings is 4. The number of para-hydroxylation sites is 2. The Morgan fingerprint density at radius 3 is 2.49 bits per heavy atom. The summed E-state index contributed by atoms with van der Waals surface area (Å²) in [4.78, 5) is 30.2. The lowest BCUT2D eigenvalue weighted by molar-refractivity contribution is 0.0949. The zero-order chi connectivity index (χ0) is 30.2. The molecule has 0 aliphatic carbocycles. The van der Waals surface area contributed by atoms with Crippen LogP contribution in [0.25, 0.3) is 21.8 Å². The van der Waals surface area contributed by atoms with E-state index in [-0.39, 0.29) is 29.0 Å². The predicted octanol–water partition coefficient (Wildman–Crippen LogP) is 6.92. The van der Waals surface area contributed by atoms with Crippen molar-refractivity contribution in [3.63, 3.8) is 0 Å². The number of hydrogen-bond acceptors (Lipinski definition) is 3. The van der Waals surface area contributed by atoms with Crippen molar-refractivity contribution in [3.8, 4) is 5.75 Å². The number of pyridine rings is 1. The summed E-state index contributed by atoms with van der Waals surface area (Å²) in [5, 5.41) is 15.8. The summed E-state index contributed by atoms with van der Waals surface area (Å²) in [6.45, 7) is 0.108. The van der Waals surface area contributed by atoms with Gasteiger partial charge in [-0.25, -0.2) is 8.78 Å². The number of aromatic nitrogens is 2. The summed E-state index contributed by atoms with van der Waals surface area (Å²) >= 11 is 3.55. The average Bonchev–Trinajstić information content (AvgIpc) is 3.37. The third-order valence-corrected chi connectivity index (χ3v) is 8.27. The quantitative estimate of drug-likeness (QED) is 0.177. The van der Waals surface area contributed by atoms with Crippen LogP contribution in [0.3, 0.4) is 0 Å². The number of nitrogens with one attached hydrogen (secondary N) is 2. The number of rotatable bonds is 7. The van der Waals surface area contributed by atoms with E-state index in [9.17, 15) is 23.5 Å². The van der Waals surface area contributed by atoms with E-state index in [1.807, 2.05) is 60.7 Å². The molecule has 2 aromatic heterocycles. The molecule has 0 saturated heterocycles. The highest BCUT2D eigenvalue weighted by Gasteiger charge is 2.30. The van der Waals surface area contributed by atoms with Crippen molar-refractivity contribution >= 4 is 43.6 Å². The summed E-state index contributed by atoms with van der Waals surface area (Å²) in [5.74, 6) is -3.85. The van der Waals surface area contributed by atoms with Crippen LogP contribution in [0, 0.1) is 11.6 Å². The topological polar surface area (TPSA) is 87.1 Å². The first-order valence-corrected chi connectivity index (χ1v) is 14.4. The summed E-state index contributed by atoms with van der Waals surface area (Å²) in [7, 11) is 1.68. The number of halogens is 3. The number of H-pyrrole nitrogens is 1. The first-order chi connectivity index (χ1) is 20.8. The number of amides is 1. The maximum Gasteiger partial charge on any atom is 0.258 e. The number of aromatic amines is 1. The van der Waals surface area contributed by atoms with E-state index >= 15 is 0 Å². The second-order valence-corrected chi connectivity index (χ2v) is 11.2. The zero-order valence-corrected chi connectivity index (χ0v) is 24.6. The van der Waals surface area contributed by atoms with Crippen LogP contribution >= 0.6 is 15.9 Å². The van der Waals surface area contributed by atoms with Crippen molar-refractivity contribution in [2.45, 2.75) is 12.3 Å². The highest BCUT2D eigenvalue weighted by Crippen LogP contribution is 2.41. The minimum Gasteiger partial charge on any atom is -0.507 e. The van der Waals surface area contributed by atoms with Gasteiger partial charge >= 0.3 is 0 Å². The standard InChI is InChI=1S/C34H26BrF2N3O3/c1-40-27-15-5-3-11-23(27)32(41)29(34(40)43)28(19-8-6-9-20(35)18-19)31-22(21-10-2-4-14-26(21)39-31)16-17-38-33(42)24-12-7-13-25(36)30(24)37/h2-15,18,28,39,41H,16-17H2,1H3,(H,38,42). The predicted molar refractivity (Wildman–Crippen MR) is 167 cm³/mol. The Balaban J connectivity index is 1.50. The van der Waals surface area contributed by atoms with Crippen LogP contribution < -0.4 is 10.9 Å². The minimum absolute atomic E-state index is 0.108. The van der Waals surface area contributed by atoms with Gasteiger partial charge in [0.25, 0.3) is 11.5 Å². The molecule has 0 radical (unpaired) electrons. The highest BCUT2D eigenvalue weighted by molar-refractivity contribution is 9.10. The molecule has 1 amide bonds. The lowest BCUT2D eigenvalue weighted by atomic mass is 9.85. The van der Waals surface area contributed by atoms with E-state index < -0.39 is 23.5 Å². The van der Waals surface area contributed by atoms with E-state index in [2.05, 4.69) is 26.2 Å². The van der Waals surface area contributed by atoms with E-state index in [4.69, 9.17) is 0 Å². The monoisotopic (exact) mass is 641 g/mol. The molecular formula is C34H26BrF2N3O3. The molecular weight excluding hydrogens is 616 g/mol. The van der Waals surface area contributed by atoms with Crippen molar-refractivity contribution < 1.29 is 18.7 Å². The molecule has 216 valence electrons. The minimum atomic E-state index is -1.20. The number of fused-ring (bicyclic) bond motifs is 2. The molecule has 0 bridgehead atoms. The fourth-order valence-electron chi connectivity index (χ4n) is 5.74. The molecule has 0 fully saturated rings. The number of aryl methyl sites for hydroxylation is 1. The van der Waals surface area contributed by atoms with E-state index in [1.54, 1.807) is 19.2 Å². The Hall–Kier alpha value is -4.76. The summed E-state index contributed by atoms with van der Waals surface area (Å²) in [6, 6.07) is 25.8. The van der Waals surface area contributed by atoms with Gasteiger partial charge in [0.15, 0.2) is 11.6 Å². The molecule has 6 rings (SSSR count). The molecule has 1 unspecified atom stereocenters. The molecule has 2 heterocycles. The molecule has 1 atom stereocenters. The van der Waals surface area contributed by atoms with E-state index in [0.29, 0.717) is 23.0 Å². The Morgan fingerprint density at radius 2 is 1.70 bits per heavy atom. The van der Waals surface area contributed by atoms with Gasteiger partial charge in [-0.05, 0) is 60.0 Å². The molecule has 0 aliphatic rings. The van der Waals surface area contributed by atoms with Gasteiger partial charge < -0.3 is 20.0 Å². The fourth-order valence-corrected chi connectivity index (χ4v) is 6.16. The van der Waals surface area contributed by atoms with E-state index in [0.717, 1.165) is 32.6 Å². The molecule has 6 nitrogen and oxygen atoms in total. The van der Waals surface area contributed by atoms with Gasteiger partial charge in [0.1, 0.15) is 5.75 Å². The van der Waals surface area contributed by atoms with Crippen LogP contribution in [-0.4, -0.2) is 27.1 Å². The molecule has 0 aliphatic heterocycles. The van der Waals surface area contributed by atoms with E-state index in [1.165, 1.54) is 16.7 Å². The molecule has 3 N–H and O–H groups in total. The number of carbonyl (C=O) groups is 1. The Labute approximate surface area is 253 Å². The van der Waals surface area contributed by atoms with Crippen LogP contribution in [0.4, 0.5) is 8.78 Å². The molecule has 9 heteroatoms. The fraction of sp³-hybridized carbons (Fsp3) is 0.118. The number of nitrogens with zero attached hydrogens (tertiary/aromatic N) is 1. The molecule has 0 saturated carbocycles. The normalized spacial score (nSPS) is 12.1. The second-order valence-electron chi connectivity index (χ2n) is 10.3. The lowest BCUT2D eigenvalue weighted by Gasteiger charge is -2.22. The van der Waals surface area contributed by atoms with Crippen LogP contribution in [0.2, 0.25) is 0 Å². The highest BCUT2D eigenvalue weighted by atomic mass is 79.9. The van der Waals surface area contributed by atoms with Gasteiger partial charge in [0.2, 0.25) is 0 Å². The van der Waals surface area contributed by atoms with Crippen LogP contribution in [-0.2, 0) is 13.5 Å². The van der Waals surface area contributed by atoms with Gasteiger partial charge in [-0.2, -0.15) is 0 Å². The number of hydrogen-bond donors (Lipinski definition) is 3. The van der Waals surface area contributed by atoms with Gasteiger partial charge in [0, 0.05) is 40.0 Å². The SMILES string of the molecule is Cn1c(=O)c(C(c2cccc(Br)c2)c2[nH]c3ccccc3c2CCNC(=O)c2cccc(F)c2F)c(O)c2ccccc21. The Bertz CT molecular complexity index is 2090. The summed E-state index contributed by atoms with van der Waals surface area (Å²) < 4.78 is 30.3. The smallest absolute Gasteiger partial charge is 0.258 e. The molecule has 0 spiro atoms. The van der Waals surface area contributed by atoms with Gasteiger partial charge in [-0.3, -0.25) is 9.59 Å². The van der Waals surface area contributed by atoms with Crippen LogP contribution in [0.5, 0.6) is 5.75 Å². The van der Waals surface area contributed by atoms with Crippen molar-refractivity contribution in [1.82, 2.24) is 14.9 Å². The van der Waals surface area contributed by atoms with Crippen LogP contribution in [0.1, 0.15) is 38.7 Å². The van der Waals surface area contributed by atoms with Crippen molar-refractivity contribution in [2.75, 3.05) is 6.54 Å². The average molecular weight is 643 g/mol. The van der Waals surface area contributed by atoms with Gasteiger partial charge in [-0.15, -0.1) is 0 Å². The Morgan fingerprint density at radius 1 is 0.977 bits per heavy atom. The first kappa shape index (κ1) is 28.4. The summed E-state index contributed by atoms with van der Waals surface area (Å²) in [5.41, 5.74) is 3.14. The molecule has 43 heavy (non-hydrogen) atoms. The van der Waals surface area contributed by atoms with Gasteiger partial charge in [-0.1, -0.05) is 64.5 Å². The maximum absolute atomic E-state index is 14.3. The number of aromatic hydroxyl groups is 1. The largest absolute Gasteiger partial charge is 0.507 e. The second kappa shape index (κ2) is 11.5. The lowest BCUT2D eigenvalue weighted by Crippen LogP contribution is -2.28. The van der Waals surface area contributed by atoms with Crippen LogP contribution in [0.15, 0.2) is 100 Å². The Kier molecular flexibility index (Phi) is 7.58. The number of carbonyl (C=O) groups excluding carboxylic acids is 1. The molecule has 6 aromatic rings. The van der Waals surface area contributed by atoms with Crippen molar-refractivity contribution in [1.29, 1.82) is 0 Å². The molecule has 4 aromatic carbocycles. The van der Waals surface area contributed by atoms with Crippen molar-refractivity contribution in [2.24, 2.45) is 7.05 Å². The zero-order valence-electron chi connectivity index (χ0n) is 23.0. The third kappa shape index (κ3) is 5.10. The first-order valence-electron chi connectivity index (χ1n) is 13.6. The third-order valence-electron chi connectivity index (χ3n) is 7.77. The van der Waals surface area contributed by atoms with Gasteiger partial charge in [0.05, 0.1) is 22.6 Å². The maximum atomic E-state index is 14.3. The summed E-state index contributed by atoms with van der Waals surface area (Å²) in [6.07, 6.45) is 0.307. The van der Waals surface area contributed by atoms with Crippen molar-refractivity contribution in [3.05, 3.63) is 145 Å².